The Hall–Kier alpha value is -2.40. The van der Waals surface area contributed by atoms with E-state index in [2.05, 4.69) is 10.2 Å². The van der Waals surface area contributed by atoms with Gasteiger partial charge in [0.15, 0.2) is 17.3 Å². The molecule has 0 amide bonds. The van der Waals surface area contributed by atoms with Crippen molar-refractivity contribution < 1.29 is 13.9 Å². The van der Waals surface area contributed by atoms with Crippen LogP contribution in [0.4, 0.5) is 4.39 Å². The molecule has 0 aromatic heterocycles. The van der Waals surface area contributed by atoms with E-state index in [0.29, 0.717) is 39.7 Å². The van der Waals surface area contributed by atoms with Gasteiger partial charge in [0, 0.05) is 33.8 Å². The highest BCUT2D eigenvalue weighted by atomic mass is 35.5. The van der Waals surface area contributed by atoms with Crippen molar-refractivity contribution in [3.05, 3.63) is 57.9 Å². The molecule has 6 heteroatoms. The molecule has 0 atom stereocenters. The van der Waals surface area contributed by atoms with Crippen molar-refractivity contribution in [2.75, 3.05) is 14.2 Å². The normalized spacial score (nSPS) is 13.5. The summed E-state index contributed by atoms with van der Waals surface area (Å²) < 4.78 is 25.4. The molecule has 0 saturated carbocycles. The minimum Gasteiger partial charge on any atom is -0.493 e. The molecule has 0 bridgehead atoms. The van der Waals surface area contributed by atoms with Crippen LogP contribution in [0.5, 0.6) is 11.5 Å². The van der Waals surface area contributed by atoms with Gasteiger partial charge in [0.1, 0.15) is 5.71 Å². The van der Waals surface area contributed by atoms with Crippen LogP contribution in [0.3, 0.4) is 0 Å². The summed E-state index contributed by atoms with van der Waals surface area (Å²) in [4.78, 5) is 0. The third-order valence-corrected chi connectivity index (χ3v) is 4.09. The lowest BCUT2D eigenvalue weighted by molar-refractivity contribution is 0.336. The second-order valence-electron chi connectivity index (χ2n) is 5.42. The van der Waals surface area contributed by atoms with Crippen molar-refractivity contribution in [3.8, 4) is 11.5 Å². The van der Waals surface area contributed by atoms with E-state index in [1.54, 1.807) is 18.2 Å². The van der Waals surface area contributed by atoms with Crippen molar-refractivity contribution >= 4 is 23.0 Å². The average Bonchev–Trinajstić information content (AvgIpc) is 2.74. The van der Waals surface area contributed by atoms with E-state index in [4.69, 9.17) is 21.1 Å². The summed E-state index contributed by atoms with van der Waals surface area (Å²) in [6, 6.07) is 8.92. The Kier molecular flexibility index (Phi) is 4.53. The Labute approximate surface area is 144 Å². The number of hydrogen-bond donors (Lipinski definition) is 0. The molecule has 0 unspecified atom stereocenters. The van der Waals surface area contributed by atoms with Gasteiger partial charge >= 0.3 is 0 Å². The standard InChI is InChI=1S/C18H16ClFN2O2/c1-10-8-13-14(9-15(23-2)18(24-3)16(13)20)17(22-21-10)11-4-6-12(19)7-5-11/h4-7,9H,8H2,1-3H3. The van der Waals surface area contributed by atoms with E-state index < -0.39 is 5.82 Å². The van der Waals surface area contributed by atoms with Crippen LogP contribution in [0.25, 0.3) is 0 Å². The number of rotatable bonds is 3. The molecule has 124 valence electrons. The van der Waals surface area contributed by atoms with Gasteiger partial charge in [0.05, 0.1) is 14.2 Å². The fourth-order valence-corrected chi connectivity index (χ4v) is 2.80. The molecular weight excluding hydrogens is 331 g/mol. The third-order valence-electron chi connectivity index (χ3n) is 3.84. The summed E-state index contributed by atoms with van der Waals surface area (Å²) in [6.45, 7) is 1.81. The van der Waals surface area contributed by atoms with Crippen molar-refractivity contribution in [1.82, 2.24) is 0 Å². The van der Waals surface area contributed by atoms with Gasteiger partial charge < -0.3 is 9.47 Å². The molecular formula is C18H16ClFN2O2. The Bertz CT molecular complexity index is 845. The van der Waals surface area contributed by atoms with Crippen LogP contribution in [0, 0.1) is 5.82 Å². The topological polar surface area (TPSA) is 43.2 Å². The molecule has 1 aliphatic rings. The zero-order valence-corrected chi connectivity index (χ0v) is 14.3. The molecule has 0 fully saturated rings. The van der Waals surface area contributed by atoms with E-state index in [9.17, 15) is 4.39 Å². The molecule has 0 radical (unpaired) electrons. The number of benzene rings is 2. The van der Waals surface area contributed by atoms with Crippen molar-refractivity contribution in [2.45, 2.75) is 13.3 Å². The van der Waals surface area contributed by atoms with E-state index in [1.807, 2.05) is 19.1 Å². The van der Waals surface area contributed by atoms with E-state index >= 15 is 0 Å². The Morgan fingerprint density at radius 3 is 2.42 bits per heavy atom. The summed E-state index contributed by atoms with van der Waals surface area (Å²) in [7, 11) is 2.89. The van der Waals surface area contributed by atoms with Gasteiger partial charge in [-0.05, 0) is 25.1 Å². The van der Waals surface area contributed by atoms with Gasteiger partial charge in [0.2, 0.25) is 0 Å². The monoisotopic (exact) mass is 346 g/mol. The molecule has 24 heavy (non-hydrogen) atoms. The zero-order valence-electron chi connectivity index (χ0n) is 13.6. The number of hydrogen-bond acceptors (Lipinski definition) is 4. The molecule has 0 saturated heterocycles. The molecule has 0 aliphatic carbocycles. The number of ether oxygens (including phenoxy) is 2. The van der Waals surface area contributed by atoms with Crippen LogP contribution in [-0.2, 0) is 6.42 Å². The van der Waals surface area contributed by atoms with E-state index in [1.165, 1.54) is 14.2 Å². The highest BCUT2D eigenvalue weighted by molar-refractivity contribution is 6.30. The molecule has 1 heterocycles. The maximum Gasteiger partial charge on any atom is 0.197 e. The van der Waals surface area contributed by atoms with E-state index in [0.717, 1.165) is 5.56 Å². The molecule has 0 N–H and O–H groups in total. The first kappa shape index (κ1) is 16.5. The average molecular weight is 347 g/mol. The minimum atomic E-state index is -0.454. The molecule has 1 aliphatic heterocycles. The second-order valence-corrected chi connectivity index (χ2v) is 5.86. The first-order valence-electron chi connectivity index (χ1n) is 7.36. The summed E-state index contributed by atoms with van der Waals surface area (Å²) in [5, 5.41) is 9.13. The second kappa shape index (κ2) is 6.61. The van der Waals surface area contributed by atoms with Gasteiger partial charge in [-0.25, -0.2) is 4.39 Å². The predicted molar refractivity (Wildman–Crippen MR) is 93.4 cm³/mol. The number of nitrogens with zero attached hydrogens (tertiary/aromatic N) is 2. The zero-order chi connectivity index (χ0) is 17.3. The first-order chi connectivity index (χ1) is 11.5. The lowest BCUT2D eigenvalue weighted by Crippen LogP contribution is -2.11. The SMILES string of the molecule is COc1cc2c(c(F)c1OC)CC(C)=NN=C2c1ccc(Cl)cc1. The largest absolute Gasteiger partial charge is 0.493 e. The minimum absolute atomic E-state index is 0.0846. The molecule has 4 nitrogen and oxygen atoms in total. The maximum absolute atomic E-state index is 15.0. The van der Waals surface area contributed by atoms with Crippen LogP contribution in [0.2, 0.25) is 5.02 Å². The highest BCUT2D eigenvalue weighted by Crippen LogP contribution is 2.37. The quantitative estimate of drug-likeness (QED) is 0.833. The summed E-state index contributed by atoms with van der Waals surface area (Å²) in [5.41, 5.74) is 3.20. The molecule has 2 aromatic carbocycles. The van der Waals surface area contributed by atoms with E-state index in [-0.39, 0.29) is 5.75 Å². The molecule has 3 rings (SSSR count). The van der Waals surface area contributed by atoms with Crippen molar-refractivity contribution in [3.63, 3.8) is 0 Å². The van der Waals surface area contributed by atoms with Gasteiger partial charge in [-0.1, -0.05) is 23.7 Å². The highest BCUT2D eigenvalue weighted by Gasteiger charge is 2.25. The van der Waals surface area contributed by atoms with Crippen molar-refractivity contribution in [1.29, 1.82) is 0 Å². The Morgan fingerprint density at radius 2 is 1.79 bits per heavy atom. The Balaban J connectivity index is 2.27. The van der Waals surface area contributed by atoms with Crippen LogP contribution in [0.15, 0.2) is 40.5 Å². The lowest BCUT2D eigenvalue weighted by atomic mass is 9.94. The number of halogens is 2. The third kappa shape index (κ3) is 2.87. The number of methoxy groups -OCH3 is 2. The molecule has 0 spiro atoms. The van der Waals surface area contributed by atoms with Gasteiger partial charge in [-0.3, -0.25) is 0 Å². The van der Waals surface area contributed by atoms with Crippen LogP contribution in [0.1, 0.15) is 23.6 Å². The first-order valence-corrected chi connectivity index (χ1v) is 7.73. The fraction of sp³-hybridized carbons (Fsp3) is 0.222. The van der Waals surface area contributed by atoms with Crippen LogP contribution >= 0.6 is 11.6 Å². The Morgan fingerprint density at radius 1 is 1.08 bits per heavy atom. The summed E-state index contributed by atoms with van der Waals surface area (Å²) in [5.74, 6) is -0.0543. The van der Waals surface area contributed by atoms with Gasteiger partial charge in [-0.15, -0.1) is 5.10 Å². The van der Waals surface area contributed by atoms with Crippen LogP contribution < -0.4 is 9.47 Å². The fourth-order valence-electron chi connectivity index (χ4n) is 2.67. The smallest absolute Gasteiger partial charge is 0.197 e. The van der Waals surface area contributed by atoms with Gasteiger partial charge in [0.25, 0.3) is 0 Å². The van der Waals surface area contributed by atoms with Gasteiger partial charge in [-0.2, -0.15) is 5.10 Å². The van der Waals surface area contributed by atoms with Crippen molar-refractivity contribution in [2.24, 2.45) is 10.2 Å². The maximum atomic E-state index is 15.0. The number of fused-ring (bicyclic) bond motifs is 1. The van der Waals surface area contributed by atoms with Crippen LogP contribution in [-0.4, -0.2) is 25.6 Å². The summed E-state index contributed by atoms with van der Waals surface area (Å²) in [6.07, 6.45) is 0.349. The predicted octanol–water partition coefficient (Wildman–Crippen LogP) is 4.27. The molecule has 2 aromatic rings. The lowest BCUT2D eigenvalue weighted by Gasteiger charge is -2.16. The summed E-state index contributed by atoms with van der Waals surface area (Å²) >= 11 is 5.95.